The van der Waals surface area contributed by atoms with Gasteiger partial charge in [0.05, 0.1) is 17.3 Å². The summed E-state index contributed by atoms with van der Waals surface area (Å²) in [5, 5.41) is 3.70. The van der Waals surface area contributed by atoms with E-state index >= 15 is 0 Å². The smallest absolute Gasteiger partial charge is 0.0783 e. The van der Waals surface area contributed by atoms with Crippen molar-refractivity contribution < 1.29 is 4.74 Å². The van der Waals surface area contributed by atoms with Crippen LogP contribution in [0, 0.1) is 5.92 Å². The van der Waals surface area contributed by atoms with Crippen LogP contribution in [0.3, 0.4) is 0 Å². The largest absolute Gasteiger partial charge is 0.374 e. The maximum atomic E-state index is 6.16. The van der Waals surface area contributed by atoms with Gasteiger partial charge in [0.1, 0.15) is 0 Å². The summed E-state index contributed by atoms with van der Waals surface area (Å²) in [7, 11) is 0. The Hall–Kier alpha value is -0.650. The third-order valence-corrected chi connectivity index (χ3v) is 5.81. The molecular formula is C16H25N3OS. The van der Waals surface area contributed by atoms with Crippen LogP contribution in [0.15, 0.2) is 18.6 Å². The Morgan fingerprint density at radius 1 is 1.52 bits per heavy atom. The van der Waals surface area contributed by atoms with Crippen LogP contribution >= 0.6 is 11.8 Å². The fraction of sp³-hybridized carbons (Fsp3) is 0.750. The monoisotopic (exact) mass is 307 g/mol. The van der Waals surface area contributed by atoms with E-state index in [0.717, 1.165) is 43.9 Å². The van der Waals surface area contributed by atoms with E-state index in [4.69, 9.17) is 4.74 Å². The highest BCUT2D eigenvalue weighted by atomic mass is 32.2. The molecule has 2 saturated heterocycles. The van der Waals surface area contributed by atoms with Gasteiger partial charge in [-0.05, 0) is 43.9 Å². The summed E-state index contributed by atoms with van der Waals surface area (Å²) in [5.41, 5.74) is 1.21. The summed E-state index contributed by atoms with van der Waals surface area (Å²) in [5.74, 6) is 3.00. The molecule has 116 valence electrons. The summed E-state index contributed by atoms with van der Waals surface area (Å²) in [6, 6.07) is 0.310. The maximum Gasteiger partial charge on any atom is 0.0783 e. The van der Waals surface area contributed by atoms with Gasteiger partial charge in [0.15, 0.2) is 0 Å². The summed E-state index contributed by atoms with van der Waals surface area (Å²) in [4.78, 5) is 8.81. The average Bonchev–Trinajstić information content (AvgIpc) is 2.97. The second kappa shape index (κ2) is 7.07. The number of hydrogen-bond donors (Lipinski definition) is 1. The first-order valence-corrected chi connectivity index (χ1v) is 9.19. The summed E-state index contributed by atoms with van der Waals surface area (Å²) < 4.78 is 6.16. The van der Waals surface area contributed by atoms with Gasteiger partial charge in [0, 0.05) is 31.0 Å². The summed E-state index contributed by atoms with van der Waals surface area (Å²) in [6.45, 7) is 4.12. The summed E-state index contributed by atoms with van der Waals surface area (Å²) >= 11 is 2.03. The molecule has 3 unspecified atom stereocenters. The Labute approximate surface area is 131 Å². The first-order chi connectivity index (χ1) is 10.3. The summed E-state index contributed by atoms with van der Waals surface area (Å²) in [6.07, 6.45) is 10.1. The van der Waals surface area contributed by atoms with Gasteiger partial charge in [-0.25, -0.2) is 0 Å². The Kier molecular flexibility index (Phi) is 5.14. The molecule has 1 spiro atoms. The lowest BCUT2D eigenvalue weighted by Crippen LogP contribution is -2.44. The first kappa shape index (κ1) is 15.3. The first-order valence-electron chi connectivity index (χ1n) is 8.04. The zero-order valence-corrected chi connectivity index (χ0v) is 13.6. The van der Waals surface area contributed by atoms with Crippen LogP contribution in [0.25, 0.3) is 0 Å². The van der Waals surface area contributed by atoms with E-state index in [1.54, 1.807) is 12.4 Å². The number of aromatic nitrogens is 2. The maximum absolute atomic E-state index is 6.16. The van der Waals surface area contributed by atoms with Crippen molar-refractivity contribution in [2.45, 2.75) is 44.2 Å². The lowest BCUT2D eigenvalue weighted by Gasteiger charge is -2.41. The number of hydrogen-bond acceptors (Lipinski definition) is 5. The van der Waals surface area contributed by atoms with Crippen molar-refractivity contribution in [3.05, 3.63) is 24.3 Å². The SMILES string of the molecule is CCCNC(c1cnccn1)C1CCOC2(CCSC2)C1. The fourth-order valence-corrected chi connectivity index (χ4v) is 4.88. The van der Waals surface area contributed by atoms with Gasteiger partial charge in [-0.3, -0.25) is 9.97 Å². The molecule has 1 aromatic rings. The van der Waals surface area contributed by atoms with Crippen molar-refractivity contribution in [3.8, 4) is 0 Å². The zero-order valence-electron chi connectivity index (χ0n) is 12.8. The molecule has 0 radical (unpaired) electrons. The lowest BCUT2D eigenvalue weighted by molar-refractivity contribution is -0.0856. The van der Waals surface area contributed by atoms with Gasteiger partial charge in [0.2, 0.25) is 0 Å². The van der Waals surface area contributed by atoms with Crippen LogP contribution < -0.4 is 5.32 Å². The molecule has 0 amide bonds. The zero-order chi connectivity index (χ0) is 14.5. The third kappa shape index (κ3) is 3.58. The molecule has 0 bridgehead atoms. The molecule has 1 aromatic heterocycles. The highest BCUT2D eigenvalue weighted by Gasteiger charge is 2.42. The minimum Gasteiger partial charge on any atom is -0.374 e. The van der Waals surface area contributed by atoms with E-state index < -0.39 is 0 Å². The van der Waals surface area contributed by atoms with Crippen molar-refractivity contribution in [1.29, 1.82) is 0 Å². The van der Waals surface area contributed by atoms with Crippen LogP contribution in [-0.2, 0) is 4.74 Å². The molecule has 0 aromatic carbocycles. The van der Waals surface area contributed by atoms with Gasteiger partial charge in [0.25, 0.3) is 0 Å². The molecule has 2 fully saturated rings. The number of nitrogens with one attached hydrogen (secondary N) is 1. The van der Waals surface area contributed by atoms with Gasteiger partial charge in [-0.2, -0.15) is 11.8 Å². The molecule has 2 aliphatic rings. The minimum atomic E-state index is 0.127. The van der Waals surface area contributed by atoms with Crippen molar-refractivity contribution in [2.75, 3.05) is 24.7 Å². The molecule has 5 heteroatoms. The highest BCUT2D eigenvalue weighted by molar-refractivity contribution is 7.99. The molecule has 3 heterocycles. The number of thioether (sulfide) groups is 1. The van der Waals surface area contributed by atoms with Crippen molar-refractivity contribution in [1.82, 2.24) is 15.3 Å². The average molecular weight is 307 g/mol. The van der Waals surface area contributed by atoms with Crippen LogP contribution in [0.5, 0.6) is 0 Å². The van der Waals surface area contributed by atoms with Gasteiger partial charge < -0.3 is 10.1 Å². The molecule has 21 heavy (non-hydrogen) atoms. The van der Waals surface area contributed by atoms with E-state index in [1.807, 2.05) is 18.0 Å². The van der Waals surface area contributed by atoms with Crippen LogP contribution in [0.4, 0.5) is 0 Å². The molecule has 3 rings (SSSR count). The van der Waals surface area contributed by atoms with Gasteiger partial charge in [-0.15, -0.1) is 0 Å². The Balaban J connectivity index is 1.75. The van der Waals surface area contributed by atoms with Gasteiger partial charge in [-0.1, -0.05) is 6.92 Å². The number of ether oxygens (including phenoxy) is 1. The van der Waals surface area contributed by atoms with Crippen LogP contribution in [-0.4, -0.2) is 40.2 Å². The van der Waals surface area contributed by atoms with Crippen molar-refractivity contribution in [2.24, 2.45) is 5.92 Å². The molecule has 0 saturated carbocycles. The van der Waals surface area contributed by atoms with Gasteiger partial charge >= 0.3 is 0 Å². The molecule has 1 N–H and O–H groups in total. The third-order valence-electron chi connectivity index (χ3n) is 4.59. The van der Waals surface area contributed by atoms with Crippen LogP contribution in [0.2, 0.25) is 0 Å². The highest BCUT2D eigenvalue weighted by Crippen LogP contribution is 2.43. The molecular weight excluding hydrogens is 282 g/mol. The van der Waals surface area contributed by atoms with E-state index in [2.05, 4.69) is 22.2 Å². The lowest BCUT2D eigenvalue weighted by atomic mass is 9.80. The van der Waals surface area contributed by atoms with Crippen LogP contribution in [0.1, 0.15) is 44.3 Å². The number of nitrogens with zero attached hydrogens (tertiary/aromatic N) is 2. The fourth-order valence-electron chi connectivity index (χ4n) is 3.50. The predicted molar refractivity (Wildman–Crippen MR) is 86.4 cm³/mol. The van der Waals surface area contributed by atoms with E-state index in [-0.39, 0.29) is 5.60 Å². The van der Waals surface area contributed by atoms with E-state index in [9.17, 15) is 0 Å². The number of rotatable bonds is 5. The quantitative estimate of drug-likeness (QED) is 0.906. The van der Waals surface area contributed by atoms with Crippen molar-refractivity contribution >= 4 is 11.8 Å². The molecule has 3 atom stereocenters. The normalized spacial score (nSPS) is 30.6. The van der Waals surface area contributed by atoms with Crippen molar-refractivity contribution in [3.63, 3.8) is 0 Å². The molecule has 2 aliphatic heterocycles. The Morgan fingerprint density at radius 2 is 2.48 bits per heavy atom. The topological polar surface area (TPSA) is 47.0 Å². The molecule has 0 aliphatic carbocycles. The van der Waals surface area contributed by atoms with E-state index in [0.29, 0.717) is 12.0 Å². The minimum absolute atomic E-state index is 0.127. The van der Waals surface area contributed by atoms with E-state index in [1.165, 1.54) is 12.2 Å². The molecule has 4 nitrogen and oxygen atoms in total. The Bertz CT molecular complexity index is 436. The Morgan fingerprint density at radius 3 is 3.19 bits per heavy atom. The second-order valence-corrected chi connectivity index (χ2v) is 7.25. The second-order valence-electron chi connectivity index (χ2n) is 6.15. The standard InChI is InChI=1S/C16H25N3OS/c1-2-5-19-15(14-11-17-6-7-18-14)13-3-8-20-16(10-13)4-9-21-12-16/h6-7,11,13,15,19H,2-5,8-10,12H2,1H3. The predicted octanol–water partition coefficient (Wildman–Crippen LogP) is 2.82.